The lowest BCUT2D eigenvalue weighted by Crippen LogP contribution is -2.45. The third-order valence-corrected chi connectivity index (χ3v) is 5.85. The Labute approximate surface area is 130 Å². The van der Waals surface area contributed by atoms with Crippen molar-refractivity contribution in [3.8, 4) is 0 Å². The fourth-order valence-electron chi connectivity index (χ4n) is 4.22. The molecule has 3 heteroatoms. The van der Waals surface area contributed by atoms with Crippen LogP contribution < -0.4 is 0 Å². The van der Waals surface area contributed by atoms with Crippen LogP contribution in [0.15, 0.2) is 0 Å². The van der Waals surface area contributed by atoms with Gasteiger partial charge < -0.3 is 10.2 Å². The van der Waals surface area contributed by atoms with Crippen molar-refractivity contribution in [1.82, 2.24) is 4.90 Å². The molecular weight excluding hydrogens is 262 g/mol. The van der Waals surface area contributed by atoms with Crippen molar-refractivity contribution in [2.75, 3.05) is 19.7 Å². The maximum atomic E-state index is 10.4. The zero-order chi connectivity index (χ0) is 15.5. The number of nitrogens with zero attached hydrogens (tertiary/aromatic N) is 1. The standard InChI is InChI=1S/C18H35NO2/c1-18(2,3)15-8-9-17(21)14(11-15)12-19-10-6-4-5-7-16(19)13-20/h14-17,20-21H,4-13H2,1-3H3. The third kappa shape index (κ3) is 4.67. The third-order valence-electron chi connectivity index (χ3n) is 5.85. The van der Waals surface area contributed by atoms with E-state index < -0.39 is 0 Å². The van der Waals surface area contributed by atoms with Gasteiger partial charge in [0.2, 0.25) is 0 Å². The highest BCUT2D eigenvalue weighted by atomic mass is 16.3. The van der Waals surface area contributed by atoms with Crippen LogP contribution in [0.2, 0.25) is 0 Å². The van der Waals surface area contributed by atoms with Gasteiger partial charge in [0.15, 0.2) is 0 Å². The molecule has 21 heavy (non-hydrogen) atoms. The van der Waals surface area contributed by atoms with E-state index in [-0.39, 0.29) is 12.7 Å². The lowest BCUT2D eigenvalue weighted by Gasteiger charge is -2.42. The van der Waals surface area contributed by atoms with Gasteiger partial charge in [-0.25, -0.2) is 0 Å². The molecule has 2 fully saturated rings. The summed E-state index contributed by atoms with van der Waals surface area (Å²) in [5, 5.41) is 20.1. The predicted molar refractivity (Wildman–Crippen MR) is 87.2 cm³/mol. The molecule has 0 spiro atoms. The summed E-state index contributed by atoms with van der Waals surface area (Å²) >= 11 is 0. The van der Waals surface area contributed by atoms with Gasteiger partial charge in [-0.3, -0.25) is 4.90 Å². The van der Waals surface area contributed by atoms with Crippen LogP contribution in [0.1, 0.15) is 65.7 Å². The second-order valence-corrected chi connectivity index (χ2v) is 8.38. The molecule has 2 N–H and O–H groups in total. The first kappa shape index (κ1) is 17.2. The summed E-state index contributed by atoms with van der Waals surface area (Å²) in [5.74, 6) is 1.10. The Bertz CT molecular complexity index is 313. The first-order valence-electron chi connectivity index (χ1n) is 8.94. The molecule has 2 aliphatic rings. The number of hydrogen-bond acceptors (Lipinski definition) is 3. The van der Waals surface area contributed by atoms with Crippen LogP contribution in [0.3, 0.4) is 0 Å². The van der Waals surface area contributed by atoms with Crippen molar-refractivity contribution in [1.29, 1.82) is 0 Å². The molecule has 2 rings (SSSR count). The molecule has 3 nitrogen and oxygen atoms in total. The van der Waals surface area contributed by atoms with Crippen LogP contribution in [-0.2, 0) is 0 Å². The summed E-state index contributed by atoms with van der Waals surface area (Å²) in [6.07, 6.45) is 7.97. The Morgan fingerprint density at radius 1 is 1.05 bits per heavy atom. The van der Waals surface area contributed by atoms with Gasteiger partial charge in [0.1, 0.15) is 0 Å². The Morgan fingerprint density at radius 3 is 2.48 bits per heavy atom. The smallest absolute Gasteiger partial charge is 0.0586 e. The van der Waals surface area contributed by atoms with E-state index in [4.69, 9.17) is 0 Å². The second-order valence-electron chi connectivity index (χ2n) is 8.38. The first-order chi connectivity index (χ1) is 9.91. The van der Waals surface area contributed by atoms with Crippen molar-refractivity contribution in [3.63, 3.8) is 0 Å². The Balaban J connectivity index is 1.98. The number of aliphatic hydroxyl groups is 2. The fraction of sp³-hybridized carbons (Fsp3) is 1.00. The maximum absolute atomic E-state index is 10.4. The number of rotatable bonds is 3. The topological polar surface area (TPSA) is 43.7 Å². The average Bonchev–Trinajstić information content (AvgIpc) is 2.65. The SMILES string of the molecule is CC(C)(C)C1CCC(O)C(CN2CCCCCC2CO)C1. The molecule has 124 valence electrons. The molecule has 0 amide bonds. The molecule has 0 bridgehead atoms. The van der Waals surface area contributed by atoms with E-state index in [1.807, 2.05) is 0 Å². The summed E-state index contributed by atoms with van der Waals surface area (Å²) < 4.78 is 0. The minimum atomic E-state index is -0.147. The molecule has 0 aromatic rings. The summed E-state index contributed by atoms with van der Waals surface area (Å²) in [6.45, 7) is 9.32. The van der Waals surface area contributed by atoms with Gasteiger partial charge in [-0.1, -0.05) is 33.6 Å². The summed E-state index contributed by atoms with van der Waals surface area (Å²) in [6, 6.07) is 0.315. The minimum Gasteiger partial charge on any atom is -0.395 e. The van der Waals surface area contributed by atoms with Crippen molar-refractivity contribution < 1.29 is 10.2 Å². The van der Waals surface area contributed by atoms with Gasteiger partial charge in [0.05, 0.1) is 12.7 Å². The number of aliphatic hydroxyl groups excluding tert-OH is 2. The van der Waals surface area contributed by atoms with Gasteiger partial charge in [-0.2, -0.15) is 0 Å². The predicted octanol–water partition coefficient (Wildman–Crippen LogP) is 3.05. The highest BCUT2D eigenvalue weighted by Gasteiger charge is 2.36. The average molecular weight is 297 g/mol. The fourth-order valence-corrected chi connectivity index (χ4v) is 4.22. The molecule has 4 unspecified atom stereocenters. The molecule has 0 aromatic heterocycles. The van der Waals surface area contributed by atoms with Crippen LogP contribution in [-0.4, -0.2) is 47.0 Å². The largest absolute Gasteiger partial charge is 0.395 e. The Hall–Kier alpha value is -0.120. The molecule has 1 heterocycles. The van der Waals surface area contributed by atoms with Gasteiger partial charge in [-0.15, -0.1) is 0 Å². The van der Waals surface area contributed by atoms with Gasteiger partial charge in [0.25, 0.3) is 0 Å². The Kier molecular flexibility index (Phi) is 6.10. The van der Waals surface area contributed by atoms with Crippen LogP contribution >= 0.6 is 0 Å². The first-order valence-corrected chi connectivity index (χ1v) is 8.94. The lowest BCUT2D eigenvalue weighted by atomic mass is 9.68. The van der Waals surface area contributed by atoms with Crippen LogP contribution in [0.5, 0.6) is 0 Å². The van der Waals surface area contributed by atoms with E-state index in [1.165, 1.54) is 19.3 Å². The van der Waals surface area contributed by atoms with Crippen LogP contribution in [0, 0.1) is 17.3 Å². The van der Waals surface area contributed by atoms with E-state index in [9.17, 15) is 10.2 Å². The zero-order valence-electron chi connectivity index (χ0n) is 14.2. The van der Waals surface area contributed by atoms with Crippen molar-refractivity contribution in [2.24, 2.45) is 17.3 Å². The van der Waals surface area contributed by atoms with Crippen molar-refractivity contribution >= 4 is 0 Å². The molecule has 1 aliphatic carbocycles. The van der Waals surface area contributed by atoms with Crippen LogP contribution in [0.4, 0.5) is 0 Å². The number of hydrogen-bond donors (Lipinski definition) is 2. The quantitative estimate of drug-likeness (QED) is 0.841. The molecule has 0 radical (unpaired) electrons. The summed E-state index contributed by atoms with van der Waals surface area (Å²) in [5.41, 5.74) is 0.341. The van der Waals surface area contributed by atoms with Crippen LogP contribution in [0.25, 0.3) is 0 Å². The zero-order valence-corrected chi connectivity index (χ0v) is 14.2. The second kappa shape index (κ2) is 7.43. The van der Waals surface area contributed by atoms with Crippen molar-refractivity contribution in [3.05, 3.63) is 0 Å². The molecular formula is C18H35NO2. The van der Waals surface area contributed by atoms with E-state index in [0.29, 0.717) is 23.3 Å². The van der Waals surface area contributed by atoms with Gasteiger partial charge in [-0.05, 0) is 55.9 Å². The van der Waals surface area contributed by atoms with E-state index in [2.05, 4.69) is 25.7 Å². The van der Waals surface area contributed by atoms with E-state index in [1.54, 1.807) is 0 Å². The van der Waals surface area contributed by atoms with E-state index in [0.717, 1.165) is 38.8 Å². The van der Waals surface area contributed by atoms with Crippen molar-refractivity contribution in [2.45, 2.75) is 77.9 Å². The lowest BCUT2D eigenvalue weighted by molar-refractivity contribution is -0.00757. The molecule has 4 atom stereocenters. The minimum absolute atomic E-state index is 0.147. The summed E-state index contributed by atoms with van der Waals surface area (Å²) in [7, 11) is 0. The molecule has 1 saturated carbocycles. The highest BCUT2D eigenvalue weighted by Crippen LogP contribution is 2.40. The van der Waals surface area contributed by atoms with Gasteiger partial charge in [0, 0.05) is 12.6 Å². The maximum Gasteiger partial charge on any atom is 0.0586 e. The highest BCUT2D eigenvalue weighted by molar-refractivity contribution is 4.88. The summed E-state index contributed by atoms with van der Waals surface area (Å²) in [4.78, 5) is 2.46. The number of likely N-dealkylation sites (tertiary alicyclic amines) is 1. The normalized spacial score (nSPS) is 36.4. The molecule has 0 aromatic carbocycles. The Morgan fingerprint density at radius 2 is 1.81 bits per heavy atom. The van der Waals surface area contributed by atoms with Gasteiger partial charge >= 0.3 is 0 Å². The molecule has 1 saturated heterocycles. The molecule has 1 aliphatic heterocycles. The van der Waals surface area contributed by atoms with E-state index >= 15 is 0 Å². The monoisotopic (exact) mass is 297 g/mol.